The Hall–Kier alpha value is -3.40. The lowest BCUT2D eigenvalue weighted by atomic mass is 9.84. The van der Waals surface area contributed by atoms with Crippen molar-refractivity contribution in [1.29, 1.82) is 0 Å². The van der Waals surface area contributed by atoms with Gasteiger partial charge in [0.05, 0.1) is 12.2 Å². The predicted octanol–water partition coefficient (Wildman–Crippen LogP) is 1.50. The van der Waals surface area contributed by atoms with E-state index in [2.05, 4.69) is 10.6 Å². The van der Waals surface area contributed by atoms with Gasteiger partial charge in [-0.25, -0.2) is 4.79 Å². The monoisotopic (exact) mass is 440 g/mol. The summed E-state index contributed by atoms with van der Waals surface area (Å²) >= 11 is 1.32. The summed E-state index contributed by atoms with van der Waals surface area (Å²) in [4.78, 5) is 52.5. The number of anilines is 1. The van der Waals surface area contributed by atoms with Gasteiger partial charge in [-0.15, -0.1) is 11.3 Å². The third-order valence-electron chi connectivity index (χ3n) is 5.98. The number of thiophene rings is 1. The first-order chi connectivity index (χ1) is 14.9. The Balaban J connectivity index is 1.37. The number of rotatable bonds is 4. The highest BCUT2D eigenvalue weighted by Gasteiger charge is 2.55. The maximum atomic E-state index is 13.3. The molecule has 0 bridgehead atoms. The number of aryl methyl sites for hydroxylation is 1. The number of carbonyl (C=O) groups excluding carboxylic acids is 4. The zero-order valence-corrected chi connectivity index (χ0v) is 17.3. The summed E-state index contributed by atoms with van der Waals surface area (Å²) in [7, 11) is 0. The summed E-state index contributed by atoms with van der Waals surface area (Å²) < 4.78 is 5.61. The summed E-state index contributed by atoms with van der Waals surface area (Å²) in [5.41, 5.74) is 6.09. The van der Waals surface area contributed by atoms with Gasteiger partial charge in [-0.05, 0) is 30.9 Å². The highest BCUT2D eigenvalue weighted by Crippen LogP contribution is 2.41. The van der Waals surface area contributed by atoms with E-state index in [1.165, 1.54) is 11.3 Å². The van der Waals surface area contributed by atoms with Gasteiger partial charge in [-0.1, -0.05) is 18.2 Å². The van der Waals surface area contributed by atoms with Gasteiger partial charge in [-0.3, -0.25) is 19.3 Å². The standard InChI is InChI=1S/C21H20N4O5S/c22-17(27)16-11-4-3-7-14(11)31-18(16)23-15(26)10-25-19(28)21(24-20(25)29)8-9-30-13-6-2-1-5-12(13)21/h1-2,5-6H,3-4,7-10H2,(H2,22,27)(H,23,26)(H,24,29). The molecule has 4 N–H and O–H groups in total. The molecular weight excluding hydrogens is 420 g/mol. The molecule has 1 aromatic heterocycles. The number of para-hydroxylation sites is 1. The number of fused-ring (bicyclic) bond motifs is 3. The fraction of sp³-hybridized carbons (Fsp3) is 0.333. The van der Waals surface area contributed by atoms with E-state index in [0.29, 0.717) is 21.9 Å². The Labute approximate surface area is 181 Å². The Kier molecular flexibility index (Phi) is 4.47. The lowest BCUT2D eigenvalue weighted by Crippen LogP contribution is -2.48. The Morgan fingerprint density at radius 2 is 2.06 bits per heavy atom. The van der Waals surface area contributed by atoms with Gasteiger partial charge in [0, 0.05) is 16.9 Å². The molecule has 5 amide bonds. The number of carbonyl (C=O) groups is 4. The van der Waals surface area contributed by atoms with Crippen LogP contribution in [-0.2, 0) is 28.0 Å². The van der Waals surface area contributed by atoms with E-state index < -0.39 is 35.8 Å². The third kappa shape index (κ3) is 2.97. The first-order valence-electron chi connectivity index (χ1n) is 10.0. The van der Waals surface area contributed by atoms with Gasteiger partial charge in [0.1, 0.15) is 17.3 Å². The molecular formula is C21H20N4O5S. The number of ether oxygens (including phenoxy) is 1. The van der Waals surface area contributed by atoms with Crippen LogP contribution < -0.4 is 21.1 Å². The summed E-state index contributed by atoms with van der Waals surface area (Å²) in [6, 6.07) is 6.40. The minimum atomic E-state index is -1.24. The molecule has 1 fully saturated rings. The van der Waals surface area contributed by atoms with Gasteiger partial charge in [0.15, 0.2) is 5.54 Å². The van der Waals surface area contributed by atoms with Crippen molar-refractivity contribution in [3.63, 3.8) is 0 Å². The number of hydrogen-bond donors (Lipinski definition) is 3. The number of imide groups is 1. The van der Waals surface area contributed by atoms with Crippen LogP contribution in [0, 0.1) is 0 Å². The SMILES string of the molecule is NC(=O)c1c(NC(=O)CN2C(=O)NC3(CCOc4ccccc43)C2=O)sc2c1CCC2. The molecule has 1 spiro atoms. The van der Waals surface area contributed by atoms with Crippen molar-refractivity contribution < 1.29 is 23.9 Å². The molecule has 2 aliphatic heterocycles. The van der Waals surface area contributed by atoms with Crippen LogP contribution >= 0.6 is 11.3 Å². The highest BCUT2D eigenvalue weighted by molar-refractivity contribution is 7.17. The quantitative estimate of drug-likeness (QED) is 0.620. The van der Waals surface area contributed by atoms with E-state index in [0.717, 1.165) is 34.6 Å². The molecule has 5 rings (SSSR count). The van der Waals surface area contributed by atoms with Crippen molar-refractivity contribution in [2.24, 2.45) is 5.73 Å². The van der Waals surface area contributed by atoms with E-state index in [4.69, 9.17) is 10.5 Å². The van der Waals surface area contributed by atoms with E-state index in [9.17, 15) is 19.2 Å². The van der Waals surface area contributed by atoms with Crippen molar-refractivity contribution in [2.45, 2.75) is 31.2 Å². The molecule has 0 radical (unpaired) electrons. The smallest absolute Gasteiger partial charge is 0.325 e. The highest BCUT2D eigenvalue weighted by atomic mass is 32.1. The number of nitrogens with zero attached hydrogens (tertiary/aromatic N) is 1. The second-order valence-electron chi connectivity index (χ2n) is 7.80. The minimum Gasteiger partial charge on any atom is -0.493 e. The normalized spacial score (nSPS) is 21.5. The minimum absolute atomic E-state index is 0.270. The summed E-state index contributed by atoms with van der Waals surface area (Å²) in [5, 5.41) is 5.82. The molecule has 1 aliphatic carbocycles. The fourth-order valence-corrected chi connectivity index (χ4v) is 5.89. The molecule has 9 nitrogen and oxygen atoms in total. The Morgan fingerprint density at radius 3 is 2.87 bits per heavy atom. The topological polar surface area (TPSA) is 131 Å². The average molecular weight is 440 g/mol. The second kappa shape index (κ2) is 7.09. The van der Waals surface area contributed by atoms with Crippen molar-refractivity contribution in [1.82, 2.24) is 10.2 Å². The van der Waals surface area contributed by atoms with Gasteiger partial charge >= 0.3 is 6.03 Å². The predicted molar refractivity (Wildman–Crippen MR) is 112 cm³/mol. The molecule has 3 heterocycles. The van der Waals surface area contributed by atoms with Crippen LogP contribution in [-0.4, -0.2) is 41.8 Å². The number of nitrogens with two attached hydrogens (primary N) is 1. The molecule has 1 unspecified atom stereocenters. The number of benzene rings is 1. The Bertz CT molecular complexity index is 1140. The van der Waals surface area contributed by atoms with Crippen LogP contribution in [0.1, 0.15) is 39.2 Å². The second-order valence-corrected chi connectivity index (χ2v) is 8.90. The maximum absolute atomic E-state index is 13.3. The van der Waals surface area contributed by atoms with Crippen LogP contribution in [0.3, 0.4) is 0 Å². The molecule has 2 aromatic rings. The zero-order valence-electron chi connectivity index (χ0n) is 16.5. The van der Waals surface area contributed by atoms with Crippen LogP contribution in [0.2, 0.25) is 0 Å². The van der Waals surface area contributed by atoms with Gasteiger partial charge in [-0.2, -0.15) is 0 Å². The van der Waals surface area contributed by atoms with Gasteiger partial charge < -0.3 is 21.1 Å². The first-order valence-corrected chi connectivity index (χ1v) is 10.8. The molecule has 0 saturated carbocycles. The fourth-order valence-electron chi connectivity index (χ4n) is 4.58. The van der Waals surface area contributed by atoms with Crippen molar-refractivity contribution in [3.05, 3.63) is 45.8 Å². The molecule has 1 atom stereocenters. The van der Waals surface area contributed by atoms with Crippen LogP contribution in [0.15, 0.2) is 24.3 Å². The largest absolute Gasteiger partial charge is 0.493 e. The van der Waals surface area contributed by atoms with Crippen molar-refractivity contribution in [3.8, 4) is 5.75 Å². The van der Waals surface area contributed by atoms with Crippen molar-refractivity contribution >= 4 is 40.1 Å². The number of primary amides is 1. The van der Waals surface area contributed by atoms with E-state index in [1.54, 1.807) is 24.3 Å². The summed E-state index contributed by atoms with van der Waals surface area (Å²) in [5.74, 6) is -1.12. The van der Waals surface area contributed by atoms with E-state index >= 15 is 0 Å². The van der Waals surface area contributed by atoms with Gasteiger partial charge in [0.2, 0.25) is 5.91 Å². The third-order valence-corrected chi connectivity index (χ3v) is 7.19. The van der Waals surface area contributed by atoms with E-state index in [-0.39, 0.29) is 13.0 Å². The molecule has 1 aromatic carbocycles. The van der Waals surface area contributed by atoms with Crippen molar-refractivity contribution in [2.75, 3.05) is 18.5 Å². The summed E-state index contributed by atoms with van der Waals surface area (Å²) in [6.45, 7) is -0.192. The molecule has 10 heteroatoms. The maximum Gasteiger partial charge on any atom is 0.325 e. The molecule has 3 aliphatic rings. The number of urea groups is 1. The number of hydrogen-bond acceptors (Lipinski definition) is 6. The zero-order chi connectivity index (χ0) is 21.8. The molecule has 31 heavy (non-hydrogen) atoms. The Morgan fingerprint density at radius 1 is 1.26 bits per heavy atom. The van der Waals surface area contributed by atoms with Crippen LogP contribution in [0.25, 0.3) is 0 Å². The summed E-state index contributed by atoms with van der Waals surface area (Å²) in [6.07, 6.45) is 2.81. The lowest BCUT2D eigenvalue weighted by Gasteiger charge is -2.33. The van der Waals surface area contributed by atoms with Crippen LogP contribution in [0.5, 0.6) is 5.75 Å². The number of amides is 5. The first kappa shape index (κ1) is 19.6. The van der Waals surface area contributed by atoms with E-state index in [1.807, 2.05) is 0 Å². The molecule has 1 saturated heterocycles. The average Bonchev–Trinajstić information content (AvgIpc) is 3.37. The molecule has 160 valence electrons. The number of nitrogens with one attached hydrogen (secondary N) is 2. The van der Waals surface area contributed by atoms with Gasteiger partial charge in [0.25, 0.3) is 11.8 Å². The van der Waals surface area contributed by atoms with Crippen LogP contribution in [0.4, 0.5) is 9.80 Å². The lowest BCUT2D eigenvalue weighted by molar-refractivity contribution is -0.135.